The maximum absolute atomic E-state index is 11.3. The minimum Gasteiger partial charge on any atom is -0.870 e. The molecule has 1 aliphatic rings. The van der Waals surface area contributed by atoms with Gasteiger partial charge in [0.15, 0.2) is 0 Å². The molecule has 88 valence electrons. The molecular formula is C11H12BrKO4. The zero-order valence-electron chi connectivity index (χ0n) is 9.74. The Morgan fingerprint density at radius 2 is 2.18 bits per heavy atom. The molecule has 0 amide bonds. The van der Waals surface area contributed by atoms with Crippen molar-refractivity contribution in [2.24, 2.45) is 0 Å². The molecule has 0 aliphatic carbocycles. The number of fused-ring (bicyclic) bond motifs is 1. The van der Waals surface area contributed by atoms with Crippen LogP contribution < -0.4 is 51.4 Å². The first kappa shape index (κ1) is 17.7. The first-order chi connectivity index (χ1) is 7.04. The van der Waals surface area contributed by atoms with Gasteiger partial charge < -0.3 is 15.3 Å². The standard InChI is InChI=1S/C11H11BrO3.K.H2O/c1-11(10(13)14)6-15-5-7-2-3-8(12)4-9(7)11;;/h2-4H,5-6H2,1H3,(H,13,14);;1H2/q;+1;/p-1. The third-order valence-corrected chi connectivity index (χ3v) is 3.28. The average Bonchev–Trinajstić information content (AvgIpc) is 2.19. The van der Waals surface area contributed by atoms with Crippen molar-refractivity contribution in [3.05, 3.63) is 33.8 Å². The second-order valence-electron chi connectivity index (χ2n) is 3.93. The molecule has 0 aromatic heterocycles. The van der Waals surface area contributed by atoms with E-state index in [4.69, 9.17) is 4.74 Å². The summed E-state index contributed by atoms with van der Waals surface area (Å²) in [5.74, 6) is -0.846. The minimum absolute atomic E-state index is 0. The number of hydrogen-bond donors (Lipinski definition) is 1. The van der Waals surface area contributed by atoms with Crippen LogP contribution in [0.15, 0.2) is 22.7 Å². The molecule has 0 bridgehead atoms. The maximum Gasteiger partial charge on any atom is 1.00 e. The first-order valence-corrected chi connectivity index (χ1v) is 5.43. The Bertz CT molecular complexity index is 424. The molecule has 1 aliphatic heterocycles. The molecule has 4 nitrogen and oxygen atoms in total. The van der Waals surface area contributed by atoms with Crippen LogP contribution in [-0.2, 0) is 21.6 Å². The van der Waals surface area contributed by atoms with Crippen LogP contribution in [-0.4, -0.2) is 23.2 Å². The fourth-order valence-corrected chi connectivity index (χ4v) is 2.17. The van der Waals surface area contributed by atoms with Crippen molar-refractivity contribution >= 4 is 21.9 Å². The van der Waals surface area contributed by atoms with Crippen LogP contribution in [0.1, 0.15) is 18.1 Å². The molecule has 1 atom stereocenters. The first-order valence-electron chi connectivity index (χ1n) is 4.64. The normalized spacial score (nSPS) is 21.8. The fourth-order valence-electron chi connectivity index (χ4n) is 1.81. The largest absolute Gasteiger partial charge is 1.00 e. The molecule has 0 saturated heterocycles. The van der Waals surface area contributed by atoms with Crippen molar-refractivity contribution in [3.8, 4) is 0 Å². The van der Waals surface area contributed by atoms with E-state index in [0.717, 1.165) is 15.6 Å². The van der Waals surface area contributed by atoms with Gasteiger partial charge in [-0.2, -0.15) is 0 Å². The average molecular weight is 327 g/mol. The van der Waals surface area contributed by atoms with Crippen LogP contribution in [0.4, 0.5) is 0 Å². The Kier molecular flexibility index (Phi) is 7.06. The quantitative estimate of drug-likeness (QED) is 0.682. The predicted octanol–water partition coefficient (Wildman–Crippen LogP) is -0.851. The number of aliphatic carboxylic acids is 1. The van der Waals surface area contributed by atoms with Crippen LogP contribution in [0.5, 0.6) is 0 Å². The second-order valence-corrected chi connectivity index (χ2v) is 4.85. The van der Waals surface area contributed by atoms with Gasteiger partial charge in [-0.15, -0.1) is 0 Å². The Balaban J connectivity index is 0.00000128. The maximum atomic E-state index is 11.3. The Labute approximate surface area is 151 Å². The molecule has 0 radical (unpaired) electrons. The van der Waals surface area contributed by atoms with Crippen LogP contribution in [0.2, 0.25) is 0 Å². The predicted molar refractivity (Wildman–Crippen MR) is 60.7 cm³/mol. The summed E-state index contributed by atoms with van der Waals surface area (Å²) >= 11 is 3.36. The minimum atomic E-state index is -0.933. The van der Waals surface area contributed by atoms with E-state index in [1.807, 2.05) is 18.2 Å². The summed E-state index contributed by atoms with van der Waals surface area (Å²) in [6, 6.07) is 5.67. The van der Waals surface area contributed by atoms with Crippen LogP contribution >= 0.6 is 15.9 Å². The third-order valence-electron chi connectivity index (χ3n) is 2.79. The Hall–Kier alpha value is 0.726. The molecule has 1 aromatic carbocycles. The van der Waals surface area contributed by atoms with Gasteiger partial charge in [-0.3, -0.25) is 4.79 Å². The molecular weight excluding hydrogens is 315 g/mol. The van der Waals surface area contributed by atoms with Crippen molar-refractivity contribution in [2.45, 2.75) is 18.9 Å². The molecule has 0 spiro atoms. The number of ether oxygens (including phenoxy) is 1. The summed E-state index contributed by atoms with van der Waals surface area (Å²) in [6.45, 7) is 2.41. The summed E-state index contributed by atoms with van der Waals surface area (Å²) in [5.41, 5.74) is 0.863. The van der Waals surface area contributed by atoms with E-state index >= 15 is 0 Å². The molecule has 0 saturated carbocycles. The Morgan fingerprint density at radius 3 is 2.76 bits per heavy atom. The molecule has 0 fully saturated rings. The van der Waals surface area contributed by atoms with Gasteiger partial charge in [0.2, 0.25) is 0 Å². The van der Waals surface area contributed by atoms with E-state index < -0.39 is 11.4 Å². The van der Waals surface area contributed by atoms with Gasteiger partial charge in [-0.25, -0.2) is 0 Å². The fraction of sp³-hybridized carbons (Fsp3) is 0.364. The molecule has 6 heteroatoms. The van der Waals surface area contributed by atoms with Crippen molar-refractivity contribution in [1.82, 2.24) is 0 Å². The monoisotopic (exact) mass is 326 g/mol. The van der Waals surface area contributed by atoms with Crippen LogP contribution in [0, 0.1) is 0 Å². The second kappa shape index (κ2) is 6.77. The number of halogens is 1. The number of benzene rings is 1. The summed E-state index contributed by atoms with van der Waals surface area (Å²) < 4.78 is 6.22. The summed E-state index contributed by atoms with van der Waals surface area (Å²) in [4.78, 5) is 11.3. The number of carboxylic acid groups (broad SMARTS) is 1. The SMILES string of the molecule is CC1(C(=O)O)COCc2ccc(Br)cc21.[K+].[OH-]. The Morgan fingerprint density at radius 1 is 1.53 bits per heavy atom. The van der Waals surface area contributed by atoms with Crippen molar-refractivity contribution in [3.63, 3.8) is 0 Å². The van der Waals surface area contributed by atoms with Crippen LogP contribution in [0.25, 0.3) is 0 Å². The van der Waals surface area contributed by atoms with E-state index in [2.05, 4.69) is 15.9 Å². The molecule has 2 rings (SSSR count). The zero-order valence-corrected chi connectivity index (χ0v) is 14.4. The van der Waals surface area contributed by atoms with Crippen molar-refractivity contribution in [2.75, 3.05) is 6.61 Å². The van der Waals surface area contributed by atoms with Crippen molar-refractivity contribution in [1.29, 1.82) is 0 Å². The van der Waals surface area contributed by atoms with Gasteiger partial charge in [-0.1, -0.05) is 22.0 Å². The summed E-state index contributed by atoms with van der Waals surface area (Å²) in [5, 5.41) is 9.24. The number of rotatable bonds is 1. The molecule has 2 N–H and O–H groups in total. The van der Waals surface area contributed by atoms with Gasteiger partial charge >= 0.3 is 57.4 Å². The van der Waals surface area contributed by atoms with E-state index in [9.17, 15) is 9.90 Å². The van der Waals surface area contributed by atoms with E-state index in [1.54, 1.807) is 6.92 Å². The summed E-state index contributed by atoms with van der Waals surface area (Å²) in [6.07, 6.45) is 0. The molecule has 1 unspecified atom stereocenters. The number of carbonyl (C=O) groups is 1. The summed E-state index contributed by atoms with van der Waals surface area (Å²) in [7, 11) is 0. The van der Waals surface area contributed by atoms with E-state index in [1.165, 1.54) is 0 Å². The van der Waals surface area contributed by atoms with Gasteiger partial charge in [0.1, 0.15) is 5.41 Å². The molecule has 1 aromatic rings. The van der Waals surface area contributed by atoms with Gasteiger partial charge in [0.25, 0.3) is 0 Å². The smallest absolute Gasteiger partial charge is 0.870 e. The van der Waals surface area contributed by atoms with Crippen LogP contribution in [0.3, 0.4) is 0 Å². The van der Waals surface area contributed by atoms with E-state index in [-0.39, 0.29) is 63.5 Å². The number of hydrogen-bond acceptors (Lipinski definition) is 3. The van der Waals surface area contributed by atoms with Gasteiger partial charge in [0, 0.05) is 4.47 Å². The van der Waals surface area contributed by atoms with Gasteiger partial charge in [-0.05, 0) is 30.2 Å². The molecule has 1 heterocycles. The van der Waals surface area contributed by atoms with Gasteiger partial charge in [0.05, 0.1) is 13.2 Å². The third kappa shape index (κ3) is 3.39. The molecule has 17 heavy (non-hydrogen) atoms. The number of carboxylic acids is 1. The van der Waals surface area contributed by atoms with Crippen molar-refractivity contribution < 1.29 is 71.5 Å². The van der Waals surface area contributed by atoms with E-state index in [0.29, 0.717) is 6.61 Å². The zero-order chi connectivity index (χ0) is 11.1. The topological polar surface area (TPSA) is 76.5 Å².